The van der Waals surface area contributed by atoms with E-state index < -0.39 is 11.5 Å². The highest BCUT2D eigenvalue weighted by Gasteiger charge is 2.40. The first-order valence-electron chi connectivity index (χ1n) is 6.72. The first kappa shape index (κ1) is 13.4. The van der Waals surface area contributed by atoms with Gasteiger partial charge in [-0.1, -0.05) is 0 Å². The Hall–Kier alpha value is -2.57. The molecule has 0 radical (unpaired) electrons. The second kappa shape index (κ2) is 5.08. The maximum atomic E-state index is 12.2. The number of aliphatic carboxylic acids is 1. The molecule has 2 aromatic rings. The number of carbonyl (C=O) groups is 2. The zero-order valence-electron chi connectivity index (χ0n) is 11.3. The summed E-state index contributed by atoms with van der Waals surface area (Å²) in [5, 5.41) is 18.4. The molecule has 0 spiro atoms. The van der Waals surface area contributed by atoms with E-state index in [9.17, 15) is 9.59 Å². The smallest absolute Gasteiger partial charge is 0.305 e. The van der Waals surface area contributed by atoms with E-state index in [1.807, 2.05) is 0 Å². The Morgan fingerprint density at radius 3 is 2.86 bits per heavy atom. The van der Waals surface area contributed by atoms with Gasteiger partial charge in [0, 0.05) is 6.07 Å². The number of H-pyrrole nitrogens is 1. The van der Waals surface area contributed by atoms with E-state index in [0.29, 0.717) is 24.3 Å². The number of nitrogens with zero attached hydrogens (tertiary/aromatic N) is 1. The zero-order valence-corrected chi connectivity index (χ0v) is 11.3. The molecule has 21 heavy (non-hydrogen) atoms. The Balaban J connectivity index is 1.72. The molecule has 0 aliphatic heterocycles. The Bertz CT molecular complexity index is 656. The summed E-state index contributed by atoms with van der Waals surface area (Å²) in [6, 6.07) is 5.08. The normalized spacial score (nSPS) is 16.2. The van der Waals surface area contributed by atoms with Gasteiger partial charge in [-0.05, 0) is 31.4 Å². The molecule has 1 fully saturated rings. The molecule has 0 aromatic carbocycles. The molecule has 1 amide bonds. The average Bonchev–Trinajstić information content (AvgIpc) is 3.05. The van der Waals surface area contributed by atoms with Gasteiger partial charge in [0.2, 0.25) is 0 Å². The lowest BCUT2D eigenvalue weighted by Crippen LogP contribution is -2.54. The van der Waals surface area contributed by atoms with Gasteiger partial charge >= 0.3 is 5.97 Å². The van der Waals surface area contributed by atoms with Crippen LogP contribution in [0.1, 0.15) is 36.2 Å². The highest BCUT2D eigenvalue weighted by molar-refractivity contribution is 5.94. The third-order valence-corrected chi connectivity index (χ3v) is 3.78. The molecule has 0 saturated heterocycles. The standard InChI is InChI=1S/C14H15N3O4/c18-12(19)8-14(4-2-5-14)15-13(20)10-7-9(16-17-10)11-3-1-6-21-11/h1,3,6-7H,2,4-5,8H2,(H,15,20)(H,16,17)(H,18,19). The summed E-state index contributed by atoms with van der Waals surface area (Å²) in [6.07, 6.45) is 3.76. The molecule has 3 N–H and O–H groups in total. The van der Waals surface area contributed by atoms with Crippen LogP contribution in [-0.2, 0) is 4.79 Å². The van der Waals surface area contributed by atoms with Crippen LogP contribution in [0.3, 0.4) is 0 Å². The summed E-state index contributed by atoms with van der Waals surface area (Å²) in [5.74, 6) is -0.691. The summed E-state index contributed by atoms with van der Waals surface area (Å²) >= 11 is 0. The zero-order chi connectivity index (χ0) is 14.9. The maximum Gasteiger partial charge on any atom is 0.305 e. The number of carboxylic acid groups (broad SMARTS) is 1. The van der Waals surface area contributed by atoms with Crippen molar-refractivity contribution in [2.24, 2.45) is 0 Å². The van der Waals surface area contributed by atoms with Crippen molar-refractivity contribution >= 4 is 11.9 Å². The largest absolute Gasteiger partial charge is 0.481 e. The van der Waals surface area contributed by atoms with E-state index in [0.717, 1.165) is 6.42 Å². The van der Waals surface area contributed by atoms with Crippen molar-refractivity contribution in [3.8, 4) is 11.5 Å². The number of nitrogens with one attached hydrogen (secondary N) is 2. The summed E-state index contributed by atoms with van der Waals surface area (Å²) in [7, 11) is 0. The molecule has 0 atom stereocenters. The number of amides is 1. The summed E-state index contributed by atoms with van der Waals surface area (Å²) < 4.78 is 5.22. The van der Waals surface area contributed by atoms with Crippen LogP contribution in [0.25, 0.3) is 11.5 Å². The monoisotopic (exact) mass is 289 g/mol. The lowest BCUT2D eigenvalue weighted by Gasteiger charge is -2.41. The summed E-state index contributed by atoms with van der Waals surface area (Å²) in [5.41, 5.74) is 0.191. The quantitative estimate of drug-likeness (QED) is 0.777. The molecular weight excluding hydrogens is 274 g/mol. The fourth-order valence-corrected chi connectivity index (χ4v) is 2.54. The second-order valence-corrected chi connectivity index (χ2v) is 5.30. The van der Waals surface area contributed by atoms with Gasteiger partial charge in [-0.3, -0.25) is 14.7 Å². The van der Waals surface area contributed by atoms with Crippen molar-refractivity contribution in [3.05, 3.63) is 30.2 Å². The van der Waals surface area contributed by atoms with E-state index >= 15 is 0 Å². The average molecular weight is 289 g/mol. The maximum absolute atomic E-state index is 12.2. The van der Waals surface area contributed by atoms with E-state index in [4.69, 9.17) is 9.52 Å². The second-order valence-electron chi connectivity index (χ2n) is 5.30. The third-order valence-electron chi connectivity index (χ3n) is 3.78. The highest BCUT2D eigenvalue weighted by Crippen LogP contribution is 2.35. The van der Waals surface area contributed by atoms with Crippen LogP contribution >= 0.6 is 0 Å². The van der Waals surface area contributed by atoms with E-state index in [2.05, 4.69) is 15.5 Å². The van der Waals surface area contributed by atoms with Crippen LogP contribution in [0.2, 0.25) is 0 Å². The minimum atomic E-state index is -0.909. The van der Waals surface area contributed by atoms with E-state index in [1.54, 1.807) is 18.2 Å². The third kappa shape index (κ3) is 2.67. The van der Waals surface area contributed by atoms with Gasteiger partial charge in [0.25, 0.3) is 5.91 Å². The lowest BCUT2D eigenvalue weighted by atomic mass is 9.74. The Labute approximate surface area is 120 Å². The number of carbonyl (C=O) groups excluding carboxylic acids is 1. The highest BCUT2D eigenvalue weighted by atomic mass is 16.4. The van der Waals surface area contributed by atoms with Gasteiger partial charge in [-0.15, -0.1) is 0 Å². The Morgan fingerprint density at radius 2 is 2.29 bits per heavy atom. The molecular formula is C14H15N3O4. The van der Waals surface area contributed by atoms with Gasteiger partial charge in [0.15, 0.2) is 11.5 Å². The fraction of sp³-hybridized carbons (Fsp3) is 0.357. The minimum absolute atomic E-state index is 0.0613. The van der Waals surface area contributed by atoms with Crippen molar-refractivity contribution in [3.63, 3.8) is 0 Å². The molecule has 1 aliphatic carbocycles. The predicted octanol–water partition coefficient (Wildman–Crippen LogP) is 1.80. The molecule has 2 heterocycles. The van der Waals surface area contributed by atoms with Crippen LogP contribution in [-0.4, -0.2) is 32.7 Å². The minimum Gasteiger partial charge on any atom is -0.481 e. The number of aromatic nitrogens is 2. The van der Waals surface area contributed by atoms with Crippen molar-refractivity contribution < 1.29 is 19.1 Å². The van der Waals surface area contributed by atoms with Crippen LogP contribution < -0.4 is 5.32 Å². The number of aromatic amines is 1. The molecule has 1 aliphatic rings. The molecule has 7 nitrogen and oxygen atoms in total. The number of rotatable bonds is 5. The topological polar surface area (TPSA) is 108 Å². The van der Waals surface area contributed by atoms with Crippen molar-refractivity contribution in [1.29, 1.82) is 0 Å². The van der Waals surface area contributed by atoms with Crippen molar-refractivity contribution in [2.75, 3.05) is 0 Å². The first-order chi connectivity index (χ1) is 10.1. The predicted molar refractivity (Wildman–Crippen MR) is 72.6 cm³/mol. The van der Waals surface area contributed by atoms with E-state index in [1.165, 1.54) is 6.26 Å². The van der Waals surface area contributed by atoms with Crippen LogP contribution in [0.15, 0.2) is 28.9 Å². The van der Waals surface area contributed by atoms with E-state index in [-0.39, 0.29) is 18.0 Å². The molecule has 1 saturated carbocycles. The SMILES string of the molecule is O=C(O)CC1(NC(=O)c2cc(-c3ccco3)[nH]n2)CCC1. The molecule has 3 rings (SSSR count). The van der Waals surface area contributed by atoms with Gasteiger partial charge in [0.05, 0.1) is 18.2 Å². The number of hydrogen-bond acceptors (Lipinski definition) is 4. The van der Waals surface area contributed by atoms with Gasteiger partial charge in [-0.2, -0.15) is 5.10 Å². The Kier molecular flexibility index (Phi) is 3.25. The van der Waals surface area contributed by atoms with Crippen molar-refractivity contribution in [2.45, 2.75) is 31.2 Å². The van der Waals surface area contributed by atoms with Crippen LogP contribution in [0, 0.1) is 0 Å². The number of furan rings is 1. The fourth-order valence-electron chi connectivity index (χ4n) is 2.54. The molecule has 7 heteroatoms. The lowest BCUT2D eigenvalue weighted by molar-refractivity contribution is -0.139. The molecule has 110 valence electrons. The van der Waals surface area contributed by atoms with Gasteiger partial charge in [-0.25, -0.2) is 0 Å². The van der Waals surface area contributed by atoms with Gasteiger partial charge in [0.1, 0.15) is 5.69 Å². The molecule has 0 bridgehead atoms. The number of carboxylic acids is 1. The van der Waals surface area contributed by atoms with Crippen LogP contribution in [0.4, 0.5) is 0 Å². The molecule has 0 unspecified atom stereocenters. The summed E-state index contributed by atoms with van der Waals surface area (Å²) in [6.45, 7) is 0. The number of hydrogen-bond donors (Lipinski definition) is 3. The summed E-state index contributed by atoms with van der Waals surface area (Å²) in [4.78, 5) is 23.1. The first-order valence-corrected chi connectivity index (χ1v) is 6.72. The van der Waals surface area contributed by atoms with Gasteiger partial charge < -0.3 is 14.8 Å². The Morgan fingerprint density at radius 1 is 1.48 bits per heavy atom. The molecule has 2 aromatic heterocycles. The van der Waals surface area contributed by atoms with Crippen LogP contribution in [0.5, 0.6) is 0 Å². The van der Waals surface area contributed by atoms with Crippen molar-refractivity contribution in [1.82, 2.24) is 15.5 Å².